The summed E-state index contributed by atoms with van der Waals surface area (Å²) in [7, 11) is 3.15. The third-order valence-electron chi connectivity index (χ3n) is 6.87. The first-order chi connectivity index (χ1) is 18.4. The number of carbonyl (C=O) groups is 2. The number of aryl methyl sites for hydroxylation is 1. The van der Waals surface area contributed by atoms with Crippen LogP contribution in [0.15, 0.2) is 91.0 Å². The first kappa shape index (κ1) is 25.0. The minimum atomic E-state index is -0.788. The molecular formula is C31H27FN2O4. The van der Waals surface area contributed by atoms with Crippen LogP contribution in [0.2, 0.25) is 0 Å². The molecule has 7 heteroatoms. The van der Waals surface area contributed by atoms with Gasteiger partial charge in [-0.3, -0.25) is 14.5 Å². The van der Waals surface area contributed by atoms with Gasteiger partial charge in [0.2, 0.25) is 5.91 Å². The van der Waals surface area contributed by atoms with Crippen molar-refractivity contribution in [1.82, 2.24) is 0 Å². The highest BCUT2D eigenvalue weighted by molar-refractivity contribution is 6.12. The van der Waals surface area contributed by atoms with E-state index in [4.69, 9.17) is 9.47 Å². The van der Waals surface area contributed by atoms with Gasteiger partial charge in [0, 0.05) is 16.9 Å². The number of rotatable bonds is 6. The zero-order valence-electron chi connectivity index (χ0n) is 21.3. The summed E-state index contributed by atoms with van der Waals surface area (Å²) in [4.78, 5) is 29.6. The largest absolute Gasteiger partial charge is 0.497 e. The molecule has 2 atom stereocenters. The molecule has 0 fully saturated rings. The number of fused-ring (bicyclic) bond motifs is 1. The fourth-order valence-corrected chi connectivity index (χ4v) is 4.88. The van der Waals surface area contributed by atoms with Crippen molar-refractivity contribution in [2.24, 2.45) is 0 Å². The lowest BCUT2D eigenvalue weighted by Crippen LogP contribution is -2.46. The van der Waals surface area contributed by atoms with Gasteiger partial charge in [-0.15, -0.1) is 0 Å². The number of nitrogens with zero attached hydrogens (tertiary/aromatic N) is 1. The summed E-state index contributed by atoms with van der Waals surface area (Å²) in [5.41, 5.74) is 3.23. The van der Waals surface area contributed by atoms with Crippen LogP contribution in [-0.4, -0.2) is 26.0 Å². The van der Waals surface area contributed by atoms with E-state index in [1.165, 1.54) is 6.07 Å². The second kappa shape index (κ2) is 10.4. The van der Waals surface area contributed by atoms with Crippen molar-refractivity contribution in [3.8, 4) is 11.5 Å². The first-order valence-electron chi connectivity index (χ1n) is 12.2. The summed E-state index contributed by atoms with van der Waals surface area (Å²) in [6, 6.07) is 25.5. The van der Waals surface area contributed by atoms with E-state index >= 15 is 0 Å². The lowest BCUT2D eigenvalue weighted by molar-refractivity contribution is -0.118. The third-order valence-corrected chi connectivity index (χ3v) is 6.87. The fraction of sp³-hybridized carbons (Fsp3) is 0.161. The van der Waals surface area contributed by atoms with Crippen molar-refractivity contribution in [3.63, 3.8) is 0 Å². The zero-order valence-corrected chi connectivity index (χ0v) is 21.3. The van der Waals surface area contributed by atoms with Crippen molar-refractivity contribution in [3.05, 3.63) is 119 Å². The molecule has 0 saturated carbocycles. The van der Waals surface area contributed by atoms with Crippen LogP contribution in [-0.2, 0) is 4.79 Å². The number of nitrogens with one attached hydrogen (secondary N) is 1. The Balaban J connectivity index is 1.67. The van der Waals surface area contributed by atoms with Gasteiger partial charge in [-0.25, -0.2) is 4.39 Å². The van der Waals surface area contributed by atoms with Gasteiger partial charge in [-0.1, -0.05) is 36.4 Å². The Kier molecular flexibility index (Phi) is 6.83. The number of carbonyl (C=O) groups excluding carboxylic acids is 2. The maximum absolute atomic E-state index is 14.3. The SMILES string of the molecule is COc1ccc([C@@H]2[C@@H](C(=O)Nc3ccc(C)c(F)c3)c3ccccc3C(=O)N2c2ccc(OC)cc2)cc1. The lowest BCUT2D eigenvalue weighted by atomic mass is 9.78. The number of halogens is 1. The molecule has 5 rings (SSSR count). The Morgan fingerprint density at radius 1 is 0.868 bits per heavy atom. The van der Waals surface area contributed by atoms with Crippen molar-refractivity contribution in [1.29, 1.82) is 0 Å². The number of anilines is 2. The number of methoxy groups -OCH3 is 2. The van der Waals surface area contributed by atoms with Crippen molar-refractivity contribution in [2.45, 2.75) is 18.9 Å². The minimum Gasteiger partial charge on any atom is -0.497 e. The molecule has 192 valence electrons. The zero-order chi connectivity index (χ0) is 26.8. The van der Waals surface area contributed by atoms with Crippen molar-refractivity contribution < 1.29 is 23.5 Å². The molecule has 0 radical (unpaired) electrons. The molecule has 4 aromatic carbocycles. The number of benzene rings is 4. The van der Waals surface area contributed by atoms with Crippen LogP contribution in [0.4, 0.5) is 15.8 Å². The lowest BCUT2D eigenvalue weighted by Gasteiger charge is -2.42. The maximum Gasteiger partial charge on any atom is 0.259 e. The molecule has 0 aliphatic carbocycles. The summed E-state index contributed by atoms with van der Waals surface area (Å²) >= 11 is 0. The molecule has 1 aliphatic rings. The van der Waals surface area contributed by atoms with E-state index in [1.54, 1.807) is 92.8 Å². The predicted octanol–water partition coefficient (Wildman–Crippen LogP) is 6.28. The molecule has 1 heterocycles. The smallest absolute Gasteiger partial charge is 0.259 e. The van der Waals surface area contributed by atoms with Gasteiger partial charge in [0.15, 0.2) is 0 Å². The van der Waals surface area contributed by atoms with Crippen molar-refractivity contribution in [2.75, 3.05) is 24.4 Å². The van der Waals surface area contributed by atoms with Gasteiger partial charge < -0.3 is 14.8 Å². The predicted molar refractivity (Wildman–Crippen MR) is 144 cm³/mol. The van der Waals surface area contributed by atoms with E-state index < -0.39 is 17.8 Å². The molecule has 0 spiro atoms. The summed E-state index contributed by atoms with van der Waals surface area (Å²) in [5.74, 6) is -0.472. The molecule has 1 N–H and O–H groups in total. The molecule has 0 saturated heterocycles. The average molecular weight is 511 g/mol. The van der Waals surface area contributed by atoms with Crippen LogP contribution < -0.4 is 19.7 Å². The van der Waals surface area contributed by atoms with E-state index in [2.05, 4.69) is 5.32 Å². The number of amides is 2. The number of hydrogen-bond donors (Lipinski definition) is 1. The highest BCUT2D eigenvalue weighted by Crippen LogP contribution is 2.46. The topological polar surface area (TPSA) is 67.9 Å². The van der Waals surface area contributed by atoms with Crippen LogP contribution in [0.3, 0.4) is 0 Å². The van der Waals surface area contributed by atoms with E-state index in [-0.39, 0.29) is 11.8 Å². The van der Waals surface area contributed by atoms with Gasteiger partial charge in [0.25, 0.3) is 5.91 Å². The number of ether oxygens (including phenoxy) is 2. The van der Waals surface area contributed by atoms with Crippen molar-refractivity contribution >= 4 is 23.2 Å². The van der Waals surface area contributed by atoms with E-state index in [0.717, 1.165) is 5.56 Å². The molecule has 6 nitrogen and oxygen atoms in total. The Morgan fingerprint density at radius 2 is 1.50 bits per heavy atom. The molecular weight excluding hydrogens is 483 g/mol. The summed E-state index contributed by atoms with van der Waals surface area (Å²) < 4.78 is 24.9. The molecule has 4 aromatic rings. The highest BCUT2D eigenvalue weighted by Gasteiger charge is 2.45. The van der Waals surface area contributed by atoms with E-state index in [9.17, 15) is 14.0 Å². The molecule has 38 heavy (non-hydrogen) atoms. The standard InChI is InChI=1S/C31H27FN2O4/c1-19-8-11-21(18-27(19)32)33-30(35)28-25-6-4-5-7-26(25)31(36)34(22-12-16-24(38-3)17-13-22)29(28)20-9-14-23(37-2)15-10-20/h4-18,28-29H,1-3H3,(H,33,35)/t28-,29+/m0/s1. The molecule has 1 aliphatic heterocycles. The van der Waals surface area contributed by atoms with Gasteiger partial charge >= 0.3 is 0 Å². The molecule has 2 amide bonds. The Bertz CT molecular complexity index is 1490. The second-order valence-electron chi connectivity index (χ2n) is 9.11. The van der Waals surface area contributed by atoms with Crippen LogP contribution >= 0.6 is 0 Å². The normalized spacial score (nSPS) is 16.5. The average Bonchev–Trinajstić information content (AvgIpc) is 2.95. The summed E-state index contributed by atoms with van der Waals surface area (Å²) in [6.07, 6.45) is 0. The van der Waals surface area contributed by atoms with Crippen LogP contribution in [0.1, 0.15) is 39.0 Å². The summed E-state index contributed by atoms with van der Waals surface area (Å²) in [5, 5.41) is 2.89. The van der Waals surface area contributed by atoms with Gasteiger partial charge in [0.1, 0.15) is 17.3 Å². The Hall–Kier alpha value is -4.65. The minimum absolute atomic E-state index is 0.225. The van der Waals surface area contributed by atoms with E-state index in [1.807, 2.05) is 18.2 Å². The monoisotopic (exact) mass is 510 g/mol. The molecule has 0 aromatic heterocycles. The summed E-state index contributed by atoms with van der Waals surface area (Å²) in [6.45, 7) is 1.66. The van der Waals surface area contributed by atoms with Gasteiger partial charge in [-0.05, 0) is 78.2 Å². The number of hydrogen-bond acceptors (Lipinski definition) is 4. The first-order valence-corrected chi connectivity index (χ1v) is 12.2. The van der Waals surface area contributed by atoms with Crippen LogP contribution in [0.5, 0.6) is 11.5 Å². The van der Waals surface area contributed by atoms with Crippen LogP contribution in [0.25, 0.3) is 0 Å². The van der Waals surface area contributed by atoms with E-state index in [0.29, 0.717) is 39.6 Å². The van der Waals surface area contributed by atoms with Gasteiger partial charge in [-0.2, -0.15) is 0 Å². The maximum atomic E-state index is 14.3. The Labute approximate surface area is 220 Å². The molecule has 0 unspecified atom stereocenters. The quantitative estimate of drug-likeness (QED) is 0.332. The second-order valence-corrected chi connectivity index (χ2v) is 9.11. The fourth-order valence-electron chi connectivity index (χ4n) is 4.88. The third kappa shape index (κ3) is 4.59. The Morgan fingerprint density at radius 3 is 2.13 bits per heavy atom. The highest BCUT2D eigenvalue weighted by atomic mass is 19.1. The molecule has 0 bridgehead atoms. The van der Waals surface area contributed by atoms with Gasteiger partial charge in [0.05, 0.1) is 26.2 Å². The van der Waals surface area contributed by atoms with Crippen LogP contribution in [0, 0.1) is 12.7 Å².